The van der Waals surface area contributed by atoms with Crippen LogP contribution in [0.25, 0.3) is 0 Å². The Morgan fingerprint density at radius 1 is 1.11 bits per heavy atom. The lowest BCUT2D eigenvalue weighted by atomic mass is 9.94. The molecule has 0 heterocycles. The summed E-state index contributed by atoms with van der Waals surface area (Å²) in [5.41, 5.74) is 1.37. The molecular formula is C16H24BrCl. The quantitative estimate of drug-likeness (QED) is 0.357. The van der Waals surface area contributed by atoms with E-state index >= 15 is 0 Å². The lowest BCUT2D eigenvalue weighted by Crippen LogP contribution is -2.00. The largest absolute Gasteiger partial charge is 0.126 e. The van der Waals surface area contributed by atoms with Crippen LogP contribution in [0.4, 0.5) is 0 Å². The minimum Gasteiger partial charge on any atom is -0.126 e. The highest BCUT2D eigenvalue weighted by Gasteiger charge is 2.10. The molecule has 0 aliphatic heterocycles. The van der Waals surface area contributed by atoms with Gasteiger partial charge in [-0.3, -0.25) is 0 Å². The second kappa shape index (κ2) is 9.86. The Morgan fingerprint density at radius 2 is 1.83 bits per heavy atom. The van der Waals surface area contributed by atoms with Gasteiger partial charge in [-0.05, 0) is 30.0 Å². The van der Waals surface area contributed by atoms with E-state index in [0.29, 0.717) is 5.92 Å². The fourth-order valence-electron chi connectivity index (χ4n) is 2.26. The van der Waals surface area contributed by atoms with Gasteiger partial charge in [-0.25, -0.2) is 0 Å². The molecule has 0 fully saturated rings. The zero-order valence-electron chi connectivity index (χ0n) is 11.3. The molecule has 0 N–H and O–H groups in total. The predicted octanol–water partition coefficient (Wildman–Crippen LogP) is 6.52. The van der Waals surface area contributed by atoms with Crippen molar-refractivity contribution in [3.8, 4) is 0 Å². The highest BCUT2D eigenvalue weighted by atomic mass is 79.9. The number of benzene rings is 1. The Bertz CT molecular complexity index is 325. The van der Waals surface area contributed by atoms with Crippen molar-refractivity contribution < 1.29 is 0 Å². The van der Waals surface area contributed by atoms with Crippen LogP contribution in [0.3, 0.4) is 0 Å². The van der Waals surface area contributed by atoms with E-state index in [1.165, 1.54) is 50.5 Å². The van der Waals surface area contributed by atoms with Gasteiger partial charge < -0.3 is 0 Å². The summed E-state index contributed by atoms with van der Waals surface area (Å²) in [7, 11) is 0. The van der Waals surface area contributed by atoms with Crippen LogP contribution in [-0.4, -0.2) is 5.88 Å². The average Bonchev–Trinajstić information content (AvgIpc) is 2.38. The zero-order chi connectivity index (χ0) is 13.2. The third kappa shape index (κ3) is 6.24. The van der Waals surface area contributed by atoms with E-state index < -0.39 is 0 Å². The Morgan fingerprint density at radius 3 is 2.50 bits per heavy atom. The molecule has 1 atom stereocenters. The first-order valence-corrected chi connectivity index (χ1v) is 8.42. The fourth-order valence-corrected chi connectivity index (χ4v) is 3.01. The Labute approximate surface area is 125 Å². The molecule has 1 aromatic rings. The third-order valence-corrected chi connectivity index (χ3v) is 4.28. The second-order valence-electron chi connectivity index (χ2n) is 4.96. The number of hydrogen-bond acceptors (Lipinski definition) is 0. The van der Waals surface area contributed by atoms with Crippen LogP contribution >= 0.6 is 27.5 Å². The molecule has 1 aromatic carbocycles. The molecule has 18 heavy (non-hydrogen) atoms. The van der Waals surface area contributed by atoms with Crippen molar-refractivity contribution in [3.63, 3.8) is 0 Å². The van der Waals surface area contributed by atoms with Crippen LogP contribution < -0.4 is 0 Å². The average molecular weight is 332 g/mol. The lowest BCUT2D eigenvalue weighted by molar-refractivity contribution is 0.559. The molecule has 0 saturated heterocycles. The van der Waals surface area contributed by atoms with Gasteiger partial charge >= 0.3 is 0 Å². The summed E-state index contributed by atoms with van der Waals surface area (Å²) in [6.07, 6.45) is 9.33. The Hall–Kier alpha value is -0.0100. The molecular weight excluding hydrogens is 308 g/mol. The van der Waals surface area contributed by atoms with Gasteiger partial charge in [0.25, 0.3) is 0 Å². The number of hydrogen-bond donors (Lipinski definition) is 0. The lowest BCUT2D eigenvalue weighted by Gasteiger charge is -2.14. The van der Waals surface area contributed by atoms with Crippen LogP contribution in [0.2, 0.25) is 0 Å². The number of alkyl halides is 1. The van der Waals surface area contributed by atoms with Gasteiger partial charge in [-0.1, -0.05) is 73.5 Å². The predicted molar refractivity (Wildman–Crippen MR) is 85.6 cm³/mol. The molecule has 1 unspecified atom stereocenters. The maximum absolute atomic E-state index is 6.10. The van der Waals surface area contributed by atoms with E-state index in [1.54, 1.807) is 0 Å². The van der Waals surface area contributed by atoms with Crippen molar-refractivity contribution in [2.45, 2.75) is 57.8 Å². The minimum atomic E-state index is 0.510. The molecule has 0 bridgehead atoms. The van der Waals surface area contributed by atoms with Gasteiger partial charge in [-0.15, -0.1) is 11.6 Å². The highest BCUT2D eigenvalue weighted by molar-refractivity contribution is 9.10. The van der Waals surface area contributed by atoms with E-state index in [-0.39, 0.29) is 0 Å². The molecule has 2 heteroatoms. The van der Waals surface area contributed by atoms with E-state index in [4.69, 9.17) is 11.6 Å². The Kier molecular flexibility index (Phi) is 8.79. The summed E-state index contributed by atoms with van der Waals surface area (Å²) >= 11 is 9.63. The maximum Gasteiger partial charge on any atom is 0.0292 e. The maximum atomic E-state index is 6.10. The molecule has 0 nitrogen and oxygen atoms in total. The van der Waals surface area contributed by atoms with E-state index in [9.17, 15) is 0 Å². The van der Waals surface area contributed by atoms with Crippen LogP contribution in [0.5, 0.6) is 0 Å². The van der Waals surface area contributed by atoms with Gasteiger partial charge in [0.15, 0.2) is 0 Å². The molecule has 0 aliphatic carbocycles. The smallest absolute Gasteiger partial charge is 0.0292 e. The molecule has 0 saturated carbocycles. The zero-order valence-corrected chi connectivity index (χ0v) is 13.6. The first-order valence-electron chi connectivity index (χ1n) is 7.09. The monoisotopic (exact) mass is 330 g/mol. The highest BCUT2D eigenvalue weighted by Crippen LogP contribution is 2.26. The topological polar surface area (TPSA) is 0 Å². The van der Waals surface area contributed by atoms with Crippen molar-refractivity contribution >= 4 is 27.5 Å². The Balaban J connectivity index is 2.29. The van der Waals surface area contributed by atoms with E-state index in [2.05, 4.69) is 47.1 Å². The molecule has 102 valence electrons. The SMILES string of the molecule is CCCCCCCCC(CCl)c1cccc(Br)c1. The second-order valence-corrected chi connectivity index (χ2v) is 6.19. The fraction of sp³-hybridized carbons (Fsp3) is 0.625. The van der Waals surface area contributed by atoms with Gasteiger partial charge in [0, 0.05) is 10.4 Å². The first kappa shape index (κ1) is 16.0. The molecule has 0 aromatic heterocycles. The summed E-state index contributed by atoms with van der Waals surface area (Å²) in [5, 5.41) is 0. The summed E-state index contributed by atoms with van der Waals surface area (Å²) in [6.45, 7) is 2.26. The normalized spacial score (nSPS) is 12.6. The third-order valence-electron chi connectivity index (χ3n) is 3.41. The van der Waals surface area contributed by atoms with Gasteiger partial charge in [0.1, 0.15) is 0 Å². The molecule has 1 rings (SSSR count). The van der Waals surface area contributed by atoms with Crippen LogP contribution in [0, 0.1) is 0 Å². The molecule has 0 amide bonds. The van der Waals surface area contributed by atoms with Crippen molar-refractivity contribution in [2.24, 2.45) is 0 Å². The van der Waals surface area contributed by atoms with Crippen molar-refractivity contribution in [3.05, 3.63) is 34.3 Å². The van der Waals surface area contributed by atoms with Gasteiger partial charge in [0.05, 0.1) is 0 Å². The molecule has 0 spiro atoms. The molecule has 0 aliphatic rings. The first-order chi connectivity index (χ1) is 8.77. The number of unbranched alkanes of at least 4 members (excludes halogenated alkanes) is 5. The minimum absolute atomic E-state index is 0.510. The summed E-state index contributed by atoms with van der Waals surface area (Å²) < 4.78 is 1.15. The van der Waals surface area contributed by atoms with Crippen molar-refractivity contribution in [2.75, 3.05) is 5.88 Å². The van der Waals surface area contributed by atoms with Crippen molar-refractivity contribution in [1.82, 2.24) is 0 Å². The standard InChI is InChI=1S/C16H24BrCl/c1-2-3-4-5-6-7-9-15(13-18)14-10-8-11-16(17)12-14/h8,10-12,15H,2-7,9,13H2,1H3. The number of halogens is 2. The van der Waals surface area contributed by atoms with Crippen LogP contribution in [0.15, 0.2) is 28.7 Å². The summed E-state index contributed by atoms with van der Waals surface area (Å²) in [6, 6.07) is 8.55. The molecule has 0 radical (unpaired) electrons. The van der Waals surface area contributed by atoms with E-state index in [1.807, 2.05) is 0 Å². The van der Waals surface area contributed by atoms with Crippen LogP contribution in [0.1, 0.15) is 63.4 Å². The summed E-state index contributed by atoms with van der Waals surface area (Å²) in [5.74, 6) is 1.24. The van der Waals surface area contributed by atoms with E-state index in [0.717, 1.165) is 10.4 Å². The number of rotatable bonds is 9. The summed E-state index contributed by atoms with van der Waals surface area (Å²) in [4.78, 5) is 0. The van der Waals surface area contributed by atoms with Crippen molar-refractivity contribution in [1.29, 1.82) is 0 Å². The van der Waals surface area contributed by atoms with Gasteiger partial charge in [-0.2, -0.15) is 0 Å². The van der Waals surface area contributed by atoms with Crippen LogP contribution in [-0.2, 0) is 0 Å². The van der Waals surface area contributed by atoms with Gasteiger partial charge in [0.2, 0.25) is 0 Å².